The lowest BCUT2D eigenvalue weighted by atomic mass is 10.1. The summed E-state index contributed by atoms with van der Waals surface area (Å²) in [6.45, 7) is 4.23. The molecule has 2 aliphatic heterocycles. The van der Waals surface area contributed by atoms with E-state index in [-0.39, 0.29) is 37.3 Å². The number of hydrogen-bond acceptors (Lipinski definition) is 7. The normalized spacial score (nSPS) is 22.9. The van der Waals surface area contributed by atoms with Gasteiger partial charge in [0, 0.05) is 38.5 Å². The number of amides is 4. The van der Waals surface area contributed by atoms with Gasteiger partial charge in [0.1, 0.15) is 12.1 Å². The fourth-order valence-electron chi connectivity index (χ4n) is 3.74. The van der Waals surface area contributed by atoms with Gasteiger partial charge in [0.25, 0.3) is 0 Å². The van der Waals surface area contributed by atoms with Crippen LogP contribution in [-0.2, 0) is 28.7 Å². The van der Waals surface area contributed by atoms with Crippen LogP contribution in [0.4, 0.5) is 0 Å². The highest BCUT2D eigenvalue weighted by molar-refractivity contribution is 5.91. The Morgan fingerprint density at radius 3 is 1.83 bits per heavy atom. The van der Waals surface area contributed by atoms with Crippen LogP contribution in [0.1, 0.15) is 39.5 Å². The van der Waals surface area contributed by atoms with Crippen molar-refractivity contribution in [2.75, 3.05) is 26.8 Å². The summed E-state index contributed by atoms with van der Waals surface area (Å²) in [4.78, 5) is 59.3. The standard InChI is InChI=1S/C10H16N2O4.C9H16N2O3/c1-3-7(9(11)14)12-5-6(4-8(12)13)10(15)16-2;1-2-7(9(10)14)11-4-6(5-12)3-8(11)13/h6-7H,3-5H2,1-2H3,(H2,11,14);6-7,12H,2-5H2,1H3,(H2,10,14)/t2*6?,7-/m00/s1. The third-order valence-electron chi connectivity index (χ3n) is 5.37. The summed E-state index contributed by atoms with van der Waals surface area (Å²) in [6.07, 6.45) is 1.39. The summed E-state index contributed by atoms with van der Waals surface area (Å²) >= 11 is 0. The molecule has 2 unspecified atom stereocenters. The zero-order valence-electron chi connectivity index (χ0n) is 17.7. The summed E-state index contributed by atoms with van der Waals surface area (Å²) in [5.74, 6) is -2.27. The quantitative estimate of drug-likeness (QED) is 0.389. The van der Waals surface area contributed by atoms with Crippen molar-refractivity contribution in [2.45, 2.75) is 51.6 Å². The third-order valence-corrected chi connectivity index (χ3v) is 5.37. The summed E-state index contributed by atoms with van der Waals surface area (Å²) in [5.41, 5.74) is 10.4. The molecule has 0 aromatic heterocycles. The van der Waals surface area contributed by atoms with E-state index in [4.69, 9.17) is 16.6 Å². The maximum atomic E-state index is 11.6. The average molecular weight is 428 g/mol. The van der Waals surface area contributed by atoms with Gasteiger partial charge in [-0.15, -0.1) is 0 Å². The van der Waals surface area contributed by atoms with Crippen LogP contribution in [0.15, 0.2) is 0 Å². The smallest absolute Gasteiger partial charge is 0.310 e. The number of nitrogens with zero attached hydrogens (tertiary/aromatic N) is 2. The van der Waals surface area contributed by atoms with Crippen molar-refractivity contribution in [3.63, 3.8) is 0 Å². The molecule has 2 saturated heterocycles. The molecule has 0 aromatic rings. The Bertz CT molecular complexity index is 669. The third kappa shape index (κ3) is 6.15. The molecule has 5 N–H and O–H groups in total. The Morgan fingerprint density at radius 1 is 1.00 bits per heavy atom. The molecule has 0 bridgehead atoms. The first-order valence-corrected chi connectivity index (χ1v) is 9.97. The van der Waals surface area contributed by atoms with Gasteiger partial charge in [-0.1, -0.05) is 13.8 Å². The monoisotopic (exact) mass is 428 g/mol. The minimum atomic E-state index is -0.623. The number of aliphatic hydroxyl groups excluding tert-OH is 1. The van der Waals surface area contributed by atoms with Crippen LogP contribution in [0, 0.1) is 11.8 Å². The Labute approximate surface area is 175 Å². The van der Waals surface area contributed by atoms with Crippen LogP contribution in [0.2, 0.25) is 0 Å². The van der Waals surface area contributed by atoms with Crippen molar-refractivity contribution in [1.29, 1.82) is 0 Å². The SMILES string of the molecule is CC[C@@H](C(N)=O)N1CC(C(=O)OC)CC1=O.CC[C@@H](C(N)=O)N1CC(CO)CC1=O. The highest BCUT2D eigenvalue weighted by Crippen LogP contribution is 2.22. The number of primary amides is 2. The van der Waals surface area contributed by atoms with Crippen molar-refractivity contribution in [3.8, 4) is 0 Å². The van der Waals surface area contributed by atoms with Crippen molar-refractivity contribution in [2.24, 2.45) is 23.3 Å². The number of nitrogens with two attached hydrogens (primary N) is 2. The number of rotatable bonds is 8. The van der Waals surface area contributed by atoms with Gasteiger partial charge < -0.3 is 31.1 Å². The maximum Gasteiger partial charge on any atom is 0.310 e. The molecule has 0 radical (unpaired) electrons. The summed E-state index contributed by atoms with van der Waals surface area (Å²) < 4.78 is 4.57. The highest BCUT2D eigenvalue weighted by Gasteiger charge is 2.39. The fraction of sp³-hybridized carbons (Fsp3) is 0.737. The van der Waals surface area contributed by atoms with Gasteiger partial charge in [-0.3, -0.25) is 24.0 Å². The molecule has 11 heteroatoms. The number of methoxy groups -OCH3 is 1. The van der Waals surface area contributed by atoms with Crippen molar-refractivity contribution >= 4 is 29.6 Å². The molecule has 2 fully saturated rings. The van der Waals surface area contributed by atoms with Gasteiger partial charge in [-0.2, -0.15) is 0 Å². The zero-order valence-corrected chi connectivity index (χ0v) is 17.7. The molecule has 0 aliphatic carbocycles. The molecule has 2 aliphatic rings. The molecule has 2 heterocycles. The van der Waals surface area contributed by atoms with Crippen molar-refractivity contribution < 1.29 is 33.8 Å². The first-order chi connectivity index (χ1) is 14.1. The molecule has 0 saturated carbocycles. The number of esters is 1. The first kappa shape index (κ1) is 25.3. The minimum absolute atomic E-state index is 0.0164. The van der Waals surface area contributed by atoms with E-state index in [0.717, 1.165) is 0 Å². The Morgan fingerprint density at radius 2 is 1.47 bits per heavy atom. The molecular weight excluding hydrogens is 396 g/mol. The summed E-state index contributed by atoms with van der Waals surface area (Å²) in [7, 11) is 1.28. The van der Waals surface area contributed by atoms with Gasteiger partial charge in [-0.05, 0) is 12.8 Å². The highest BCUT2D eigenvalue weighted by atomic mass is 16.5. The topological polar surface area (TPSA) is 173 Å². The minimum Gasteiger partial charge on any atom is -0.469 e. The second-order valence-corrected chi connectivity index (χ2v) is 7.42. The zero-order chi connectivity index (χ0) is 23.0. The van der Waals surface area contributed by atoms with Crippen LogP contribution in [0.5, 0.6) is 0 Å². The summed E-state index contributed by atoms with van der Waals surface area (Å²) in [5, 5.41) is 8.90. The van der Waals surface area contributed by atoms with Crippen LogP contribution in [0.25, 0.3) is 0 Å². The Hall–Kier alpha value is -2.69. The number of likely N-dealkylation sites (tertiary alicyclic amines) is 2. The van der Waals surface area contributed by atoms with Crippen LogP contribution in [0.3, 0.4) is 0 Å². The van der Waals surface area contributed by atoms with E-state index in [0.29, 0.717) is 25.8 Å². The Balaban J connectivity index is 0.000000303. The number of carbonyl (C=O) groups is 5. The number of hydrogen-bond donors (Lipinski definition) is 3. The molecular formula is C19H32N4O7. The van der Waals surface area contributed by atoms with E-state index in [2.05, 4.69) is 4.74 Å². The number of carbonyl (C=O) groups excluding carboxylic acids is 5. The average Bonchev–Trinajstić information content (AvgIpc) is 3.25. The lowest BCUT2D eigenvalue weighted by Gasteiger charge is -2.24. The number of aliphatic hydroxyl groups is 1. The Kier molecular flexibility index (Phi) is 9.70. The second kappa shape index (κ2) is 11.5. The van der Waals surface area contributed by atoms with Crippen LogP contribution < -0.4 is 11.5 Å². The van der Waals surface area contributed by atoms with Crippen LogP contribution >= 0.6 is 0 Å². The van der Waals surface area contributed by atoms with E-state index >= 15 is 0 Å². The molecule has 11 nitrogen and oxygen atoms in total. The molecule has 4 atom stereocenters. The fourth-order valence-corrected chi connectivity index (χ4v) is 3.74. The number of ether oxygens (including phenoxy) is 1. The molecule has 4 amide bonds. The second-order valence-electron chi connectivity index (χ2n) is 7.42. The van der Waals surface area contributed by atoms with Crippen LogP contribution in [-0.4, -0.2) is 83.4 Å². The predicted octanol–water partition coefficient (Wildman–Crippen LogP) is -1.64. The molecule has 30 heavy (non-hydrogen) atoms. The van der Waals surface area contributed by atoms with Gasteiger partial charge in [0.2, 0.25) is 23.6 Å². The molecule has 0 aromatic carbocycles. The van der Waals surface area contributed by atoms with Gasteiger partial charge in [0.05, 0.1) is 13.0 Å². The van der Waals surface area contributed by atoms with E-state index in [1.807, 2.05) is 6.92 Å². The van der Waals surface area contributed by atoms with E-state index < -0.39 is 35.8 Å². The largest absolute Gasteiger partial charge is 0.469 e. The van der Waals surface area contributed by atoms with Crippen molar-refractivity contribution in [1.82, 2.24) is 9.80 Å². The molecule has 0 spiro atoms. The predicted molar refractivity (Wildman–Crippen MR) is 105 cm³/mol. The van der Waals surface area contributed by atoms with E-state index in [1.165, 1.54) is 16.9 Å². The van der Waals surface area contributed by atoms with Gasteiger partial charge >= 0.3 is 5.97 Å². The molecule has 2 rings (SSSR count). The van der Waals surface area contributed by atoms with Gasteiger partial charge in [0.15, 0.2) is 0 Å². The maximum absolute atomic E-state index is 11.6. The lowest BCUT2D eigenvalue weighted by Crippen LogP contribution is -2.45. The van der Waals surface area contributed by atoms with E-state index in [1.54, 1.807) is 6.92 Å². The summed E-state index contributed by atoms with van der Waals surface area (Å²) in [6, 6.07) is -1.14. The van der Waals surface area contributed by atoms with Gasteiger partial charge in [-0.25, -0.2) is 0 Å². The first-order valence-electron chi connectivity index (χ1n) is 9.97. The lowest BCUT2D eigenvalue weighted by molar-refractivity contribution is -0.145. The molecule has 170 valence electrons. The van der Waals surface area contributed by atoms with E-state index in [9.17, 15) is 24.0 Å². The van der Waals surface area contributed by atoms with Crippen molar-refractivity contribution in [3.05, 3.63) is 0 Å².